The molecular formula is C18H22N2S2. The Morgan fingerprint density at radius 3 is 2.55 bits per heavy atom. The van der Waals surface area contributed by atoms with E-state index in [0.717, 1.165) is 17.0 Å². The van der Waals surface area contributed by atoms with Gasteiger partial charge in [-0.2, -0.15) is 0 Å². The lowest BCUT2D eigenvalue weighted by Gasteiger charge is -2.10. The Morgan fingerprint density at radius 2 is 1.95 bits per heavy atom. The van der Waals surface area contributed by atoms with Crippen molar-refractivity contribution in [3.63, 3.8) is 0 Å². The highest BCUT2D eigenvalue weighted by molar-refractivity contribution is 7.80. The van der Waals surface area contributed by atoms with E-state index in [9.17, 15) is 0 Å². The van der Waals surface area contributed by atoms with Crippen LogP contribution in [0.25, 0.3) is 10.4 Å². The average Bonchev–Trinajstić information content (AvgIpc) is 3.23. The Labute approximate surface area is 142 Å². The summed E-state index contributed by atoms with van der Waals surface area (Å²) in [5.74, 6) is 0.657. The number of thiazole rings is 1. The maximum absolute atomic E-state index is 5.30. The molecule has 0 unspecified atom stereocenters. The molecule has 1 saturated carbocycles. The van der Waals surface area contributed by atoms with Gasteiger partial charge >= 0.3 is 0 Å². The van der Waals surface area contributed by atoms with Gasteiger partial charge in [0.2, 0.25) is 0 Å². The van der Waals surface area contributed by atoms with E-state index in [4.69, 9.17) is 17.2 Å². The van der Waals surface area contributed by atoms with Gasteiger partial charge in [0.15, 0.2) is 0 Å². The third-order valence-corrected chi connectivity index (χ3v) is 6.08. The Kier molecular flexibility index (Phi) is 4.89. The maximum Gasteiger partial charge on any atom is 0.106 e. The van der Waals surface area contributed by atoms with Crippen LogP contribution in [0.3, 0.4) is 0 Å². The molecule has 1 heterocycles. The van der Waals surface area contributed by atoms with Crippen LogP contribution in [0.5, 0.6) is 0 Å². The van der Waals surface area contributed by atoms with Crippen LogP contribution in [0.1, 0.15) is 54.8 Å². The number of hydrogen-bond donors (Lipinski definition) is 1. The fourth-order valence-corrected chi connectivity index (χ4v) is 4.36. The van der Waals surface area contributed by atoms with Crippen molar-refractivity contribution >= 4 is 28.5 Å². The first-order chi connectivity index (χ1) is 10.7. The second kappa shape index (κ2) is 6.88. The summed E-state index contributed by atoms with van der Waals surface area (Å²) >= 11 is 7.16. The first-order valence-corrected chi connectivity index (χ1v) is 9.27. The molecule has 1 N–H and O–H groups in total. The Morgan fingerprint density at radius 1 is 1.27 bits per heavy atom. The van der Waals surface area contributed by atoms with Gasteiger partial charge in [0, 0.05) is 18.5 Å². The number of nitrogens with zero attached hydrogens (tertiary/aromatic N) is 1. The quantitative estimate of drug-likeness (QED) is 0.805. The van der Waals surface area contributed by atoms with Crippen molar-refractivity contribution in [1.29, 1.82) is 0 Å². The smallest absolute Gasteiger partial charge is 0.106 e. The van der Waals surface area contributed by atoms with E-state index in [1.807, 2.05) is 18.4 Å². The third-order valence-electron chi connectivity index (χ3n) is 4.38. The van der Waals surface area contributed by atoms with E-state index in [0.29, 0.717) is 5.92 Å². The van der Waals surface area contributed by atoms with Gasteiger partial charge in [0.1, 0.15) is 4.99 Å². The number of hydrogen-bond acceptors (Lipinski definition) is 3. The van der Waals surface area contributed by atoms with E-state index in [-0.39, 0.29) is 0 Å². The van der Waals surface area contributed by atoms with Crippen LogP contribution in [0, 0.1) is 0 Å². The number of benzene rings is 1. The minimum atomic E-state index is 0.657. The van der Waals surface area contributed by atoms with E-state index in [1.54, 1.807) is 0 Å². The molecule has 0 radical (unpaired) electrons. The van der Waals surface area contributed by atoms with Gasteiger partial charge in [-0.05, 0) is 24.8 Å². The molecule has 0 atom stereocenters. The Balaban J connectivity index is 1.96. The lowest BCUT2D eigenvalue weighted by atomic mass is 9.99. The van der Waals surface area contributed by atoms with Crippen molar-refractivity contribution in [3.05, 3.63) is 40.5 Å². The zero-order valence-corrected chi connectivity index (χ0v) is 14.8. The van der Waals surface area contributed by atoms with E-state index >= 15 is 0 Å². The zero-order chi connectivity index (χ0) is 15.5. The number of thiocarbonyl (C=S) groups is 1. The molecule has 22 heavy (non-hydrogen) atoms. The molecule has 1 aromatic heterocycles. The predicted octanol–water partition coefficient (Wildman–Crippen LogP) is 4.93. The molecule has 2 nitrogen and oxygen atoms in total. The largest absolute Gasteiger partial charge is 0.379 e. The van der Waals surface area contributed by atoms with Crippen molar-refractivity contribution in [2.24, 2.45) is 0 Å². The van der Waals surface area contributed by atoms with E-state index in [1.165, 1.54) is 46.8 Å². The summed E-state index contributed by atoms with van der Waals surface area (Å²) in [5.41, 5.74) is 3.69. The molecule has 1 aromatic carbocycles. The van der Waals surface area contributed by atoms with Crippen LogP contribution >= 0.6 is 23.6 Å². The van der Waals surface area contributed by atoms with Crippen LogP contribution < -0.4 is 5.32 Å². The summed E-state index contributed by atoms with van der Waals surface area (Å²) < 4.78 is 0. The molecule has 116 valence electrons. The normalized spacial score (nSPS) is 15.2. The first kappa shape index (κ1) is 15.6. The van der Waals surface area contributed by atoms with Gasteiger partial charge in [-0.3, -0.25) is 0 Å². The minimum Gasteiger partial charge on any atom is -0.379 e. The molecule has 0 saturated heterocycles. The van der Waals surface area contributed by atoms with Crippen molar-refractivity contribution < 1.29 is 0 Å². The van der Waals surface area contributed by atoms with Gasteiger partial charge in [-0.1, -0.05) is 56.2 Å². The average molecular weight is 331 g/mol. The SMILES string of the molecule is CCc1nc(C2CCCC2)c(-c2ccc(C(=S)NC)cc2)s1. The van der Waals surface area contributed by atoms with Gasteiger partial charge in [-0.25, -0.2) is 4.98 Å². The molecule has 1 aliphatic rings. The van der Waals surface area contributed by atoms with E-state index < -0.39 is 0 Å². The van der Waals surface area contributed by atoms with Crippen LogP contribution in [0.2, 0.25) is 0 Å². The highest BCUT2D eigenvalue weighted by Crippen LogP contribution is 2.41. The van der Waals surface area contributed by atoms with Crippen LogP contribution in [-0.2, 0) is 6.42 Å². The first-order valence-electron chi connectivity index (χ1n) is 8.05. The van der Waals surface area contributed by atoms with Crippen LogP contribution in [-0.4, -0.2) is 17.0 Å². The molecule has 4 heteroatoms. The molecule has 0 amide bonds. The monoisotopic (exact) mass is 330 g/mol. The van der Waals surface area contributed by atoms with Crippen molar-refractivity contribution in [3.8, 4) is 10.4 Å². The topological polar surface area (TPSA) is 24.9 Å². The summed E-state index contributed by atoms with van der Waals surface area (Å²) in [6.07, 6.45) is 6.30. The van der Waals surface area contributed by atoms with Gasteiger partial charge < -0.3 is 5.32 Å². The van der Waals surface area contributed by atoms with Crippen LogP contribution in [0.4, 0.5) is 0 Å². The summed E-state index contributed by atoms with van der Waals surface area (Å²) in [6.45, 7) is 2.19. The molecule has 1 fully saturated rings. The van der Waals surface area contributed by atoms with Crippen molar-refractivity contribution in [2.75, 3.05) is 7.05 Å². The lowest BCUT2D eigenvalue weighted by molar-refractivity contribution is 0.701. The summed E-state index contributed by atoms with van der Waals surface area (Å²) in [6, 6.07) is 8.59. The van der Waals surface area contributed by atoms with E-state index in [2.05, 4.69) is 36.5 Å². The molecule has 3 rings (SSSR count). The standard InChI is InChI=1S/C18H22N2S2/c1-3-15-20-16(12-6-4-5-7-12)17(22-15)13-8-10-14(11-9-13)18(21)19-2/h8-12H,3-7H2,1-2H3,(H,19,21). The second-order valence-electron chi connectivity index (χ2n) is 5.81. The number of aryl methyl sites for hydroxylation is 1. The highest BCUT2D eigenvalue weighted by Gasteiger charge is 2.24. The molecule has 1 aliphatic carbocycles. The molecule has 0 aliphatic heterocycles. The fraction of sp³-hybridized carbons (Fsp3) is 0.444. The van der Waals surface area contributed by atoms with Gasteiger partial charge in [0.05, 0.1) is 15.6 Å². The van der Waals surface area contributed by atoms with Gasteiger partial charge in [0.25, 0.3) is 0 Å². The molecule has 0 bridgehead atoms. The fourth-order valence-electron chi connectivity index (χ4n) is 3.13. The van der Waals surface area contributed by atoms with Crippen molar-refractivity contribution in [2.45, 2.75) is 44.9 Å². The Hall–Kier alpha value is -1.26. The second-order valence-corrected chi connectivity index (χ2v) is 7.31. The Bertz CT molecular complexity index is 652. The maximum atomic E-state index is 5.30. The zero-order valence-electron chi connectivity index (χ0n) is 13.2. The molecule has 2 aromatic rings. The summed E-state index contributed by atoms with van der Waals surface area (Å²) in [4.78, 5) is 7.10. The van der Waals surface area contributed by atoms with Crippen LogP contribution in [0.15, 0.2) is 24.3 Å². The third kappa shape index (κ3) is 3.08. The molecular weight excluding hydrogens is 308 g/mol. The number of rotatable bonds is 4. The summed E-state index contributed by atoms with van der Waals surface area (Å²) in [5, 5.41) is 4.29. The minimum absolute atomic E-state index is 0.657. The number of nitrogens with one attached hydrogen (secondary N) is 1. The number of aromatic nitrogens is 1. The van der Waals surface area contributed by atoms with Crippen molar-refractivity contribution in [1.82, 2.24) is 10.3 Å². The highest BCUT2D eigenvalue weighted by atomic mass is 32.1. The van der Waals surface area contributed by atoms with Gasteiger partial charge in [-0.15, -0.1) is 11.3 Å². The molecule has 0 spiro atoms. The predicted molar refractivity (Wildman–Crippen MR) is 98.9 cm³/mol. The lowest BCUT2D eigenvalue weighted by Crippen LogP contribution is -2.16. The summed E-state index contributed by atoms with van der Waals surface area (Å²) in [7, 11) is 1.87.